The molecule has 2 heterocycles. The van der Waals surface area contributed by atoms with Gasteiger partial charge in [-0.15, -0.1) is 0 Å². The molecule has 0 saturated carbocycles. The van der Waals surface area contributed by atoms with Crippen LogP contribution < -0.4 is 4.74 Å². The van der Waals surface area contributed by atoms with Gasteiger partial charge < -0.3 is 4.74 Å². The number of ether oxygens (including phenoxy) is 1. The molecular weight excluding hydrogens is 368 g/mol. The minimum Gasteiger partial charge on any atom is -0.489 e. The van der Waals surface area contributed by atoms with E-state index in [1.54, 1.807) is 16.7 Å². The van der Waals surface area contributed by atoms with Gasteiger partial charge in [-0.05, 0) is 36.3 Å². The summed E-state index contributed by atoms with van der Waals surface area (Å²) in [6, 6.07) is 15.3. The highest BCUT2D eigenvalue weighted by Gasteiger charge is 2.32. The number of benzene rings is 2. The molecule has 26 heavy (non-hydrogen) atoms. The van der Waals surface area contributed by atoms with Crippen molar-refractivity contribution in [1.29, 1.82) is 0 Å². The van der Waals surface area contributed by atoms with Crippen LogP contribution in [0.2, 0.25) is 5.02 Å². The fourth-order valence-corrected chi connectivity index (χ4v) is 3.99. The molecule has 0 bridgehead atoms. The van der Waals surface area contributed by atoms with Crippen molar-refractivity contribution in [1.82, 2.24) is 4.90 Å². The summed E-state index contributed by atoms with van der Waals surface area (Å²) in [4.78, 5) is 18.7. The predicted molar refractivity (Wildman–Crippen MR) is 106 cm³/mol. The van der Waals surface area contributed by atoms with E-state index >= 15 is 0 Å². The van der Waals surface area contributed by atoms with Crippen molar-refractivity contribution in [2.45, 2.75) is 13.0 Å². The van der Waals surface area contributed by atoms with E-state index in [9.17, 15) is 4.79 Å². The third-order valence-corrected chi connectivity index (χ3v) is 5.61. The molecule has 2 aromatic carbocycles. The Hall–Kier alpha value is -2.24. The molecule has 2 aliphatic heterocycles. The lowest BCUT2D eigenvalue weighted by Crippen LogP contribution is -2.34. The van der Waals surface area contributed by atoms with E-state index in [-0.39, 0.29) is 5.91 Å². The Bertz CT molecular complexity index is 910. The second-order valence-electron chi connectivity index (χ2n) is 6.04. The number of rotatable bonds is 4. The van der Waals surface area contributed by atoms with Crippen molar-refractivity contribution in [2.24, 2.45) is 4.99 Å². The van der Waals surface area contributed by atoms with Crippen LogP contribution in [0.4, 0.5) is 0 Å². The first-order chi connectivity index (χ1) is 12.7. The summed E-state index contributed by atoms with van der Waals surface area (Å²) in [6.45, 7) is 1.15. The molecule has 2 aromatic rings. The van der Waals surface area contributed by atoms with Gasteiger partial charge in [0.05, 0.1) is 0 Å². The van der Waals surface area contributed by atoms with E-state index in [2.05, 4.69) is 4.99 Å². The summed E-state index contributed by atoms with van der Waals surface area (Å²) in [5, 5.41) is 1.51. The lowest BCUT2D eigenvalue weighted by molar-refractivity contribution is -0.122. The Morgan fingerprint density at radius 2 is 2.12 bits per heavy atom. The number of carbonyl (C=O) groups is 1. The Labute approximate surface area is 161 Å². The Morgan fingerprint density at radius 1 is 1.23 bits per heavy atom. The van der Waals surface area contributed by atoms with Crippen LogP contribution in [0.3, 0.4) is 0 Å². The van der Waals surface area contributed by atoms with Gasteiger partial charge in [0.1, 0.15) is 18.1 Å². The highest BCUT2D eigenvalue weighted by molar-refractivity contribution is 8.13. The van der Waals surface area contributed by atoms with Crippen molar-refractivity contribution in [3.63, 3.8) is 0 Å². The number of amides is 1. The summed E-state index contributed by atoms with van der Waals surface area (Å²) in [7, 11) is 0. The maximum Gasteiger partial charge on any atom is 0.278 e. The van der Waals surface area contributed by atoms with E-state index in [1.807, 2.05) is 54.6 Å². The number of hydrogen-bond donors (Lipinski definition) is 0. The minimum absolute atomic E-state index is 0.0189. The van der Waals surface area contributed by atoms with Gasteiger partial charge in [0, 0.05) is 22.9 Å². The highest BCUT2D eigenvalue weighted by atomic mass is 35.5. The molecule has 4 nitrogen and oxygen atoms in total. The second-order valence-corrected chi connectivity index (χ2v) is 7.50. The molecule has 2 aliphatic rings. The molecular formula is C20H17ClN2O2S. The summed E-state index contributed by atoms with van der Waals surface area (Å²) in [6.07, 6.45) is 2.82. The number of carbonyl (C=O) groups excluding carboxylic acids is 1. The fourth-order valence-electron chi connectivity index (χ4n) is 2.85. The number of nitrogens with zero attached hydrogens (tertiary/aromatic N) is 2. The van der Waals surface area contributed by atoms with Gasteiger partial charge in [-0.2, -0.15) is 0 Å². The summed E-state index contributed by atoms with van der Waals surface area (Å²) in [5.74, 6) is 1.72. The van der Waals surface area contributed by atoms with Crippen molar-refractivity contribution in [3.8, 4) is 5.75 Å². The first-order valence-corrected chi connectivity index (χ1v) is 9.78. The van der Waals surface area contributed by atoms with Crippen LogP contribution in [-0.2, 0) is 11.4 Å². The Morgan fingerprint density at radius 3 is 2.96 bits per heavy atom. The van der Waals surface area contributed by atoms with E-state index in [0.717, 1.165) is 40.8 Å². The number of hydrogen-bond acceptors (Lipinski definition) is 4. The van der Waals surface area contributed by atoms with Crippen LogP contribution in [0.25, 0.3) is 6.08 Å². The molecule has 1 amide bonds. The highest BCUT2D eigenvalue weighted by Crippen LogP contribution is 2.28. The van der Waals surface area contributed by atoms with E-state index < -0.39 is 0 Å². The summed E-state index contributed by atoms with van der Waals surface area (Å²) in [5.41, 5.74) is 2.31. The van der Waals surface area contributed by atoms with Gasteiger partial charge in [-0.1, -0.05) is 53.7 Å². The third kappa shape index (κ3) is 3.64. The standard InChI is InChI=1S/C20H17ClN2O2S/c21-17-8-2-1-6-15(17)13-25-16-7-3-5-14(11-16)12-18-19(24)23-9-4-10-26-20(23)22-18/h1-3,5-8,11-12H,4,9-10,13H2/b18-12-. The van der Waals surface area contributed by atoms with E-state index in [1.165, 1.54) is 0 Å². The molecule has 1 fully saturated rings. The maximum atomic E-state index is 12.5. The quantitative estimate of drug-likeness (QED) is 0.724. The summed E-state index contributed by atoms with van der Waals surface area (Å²) < 4.78 is 5.85. The van der Waals surface area contributed by atoms with Crippen LogP contribution >= 0.6 is 23.4 Å². The number of thioether (sulfide) groups is 1. The molecule has 132 valence electrons. The average molecular weight is 385 g/mol. The molecule has 0 unspecified atom stereocenters. The molecule has 0 aromatic heterocycles. The molecule has 4 rings (SSSR count). The normalized spacial score (nSPS) is 18.0. The molecule has 0 atom stereocenters. The number of aliphatic imine (C=N–C) groups is 1. The van der Waals surface area contributed by atoms with Crippen LogP contribution in [0, 0.1) is 0 Å². The maximum absolute atomic E-state index is 12.5. The number of halogens is 1. The predicted octanol–water partition coefficient (Wildman–Crippen LogP) is 4.60. The van der Waals surface area contributed by atoms with Gasteiger partial charge in [0.25, 0.3) is 5.91 Å². The molecule has 0 radical (unpaired) electrons. The molecule has 6 heteroatoms. The zero-order valence-electron chi connectivity index (χ0n) is 14.0. The second kappa shape index (κ2) is 7.56. The smallest absolute Gasteiger partial charge is 0.278 e. The lowest BCUT2D eigenvalue weighted by atomic mass is 10.1. The number of amidine groups is 1. The Balaban J connectivity index is 1.50. The molecule has 0 aliphatic carbocycles. The average Bonchev–Trinajstić information content (AvgIpc) is 2.97. The SMILES string of the molecule is O=C1/C(=C/c2cccc(OCc3ccccc3Cl)c2)N=C2SCCCN12. The largest absolute Gasteiger partial charge is 0.489 e. The molecule has 0 N–H and O–H groups in total. The fraction of sp³-hybridized carbons (Fsp3) is 0.200. The van der Waals surface area contributed by atoms with Gasteiger partial charge in [0.15, 0.2) is 5.17 Å². The minimum atomic E-state index is -0.0189. The van der Waals surface area contributed by atoms with Crippen LogP contribution in [0.15, 0.2) is 59.2 Å². The number of fused-ring (bicyclic) bond motifs is 1. The monoisotopic (exact) mass is 384 g/mol. The van der Waals surface area contributed by atoms with Crippen LogP contribution in [-0.4, -0.2) is 28.3 Å². The third-order valence-electron chi connectivity index (χ3n) is 4.18. The van der Waals surface area contributed by atoms with Gasteiger partial charge in [-0.25, -0.2) is 4.99 Å². The van der Waals surface area contributed by atoms with Gasteiger partial charge in [-0.3, -0.25) is 9.69 Å². The van der Waals surface area contributed by atoms with Crippen molar-refractivity contribution in [2.75, 3.05) is 12.3 Å². The first-order valence-electron chi connectivity index (χ1n) is 8.42. The summed E-state index contributed by atoms with van der Waals surface area (Å²) >= 11 is 7.80. The topological polar surface area (TPSA) is 41.9 Å². The zero-order chi connectivity index (χ0) is 17.9. The lowest BCUT2D eigenvalue weighted by Gasteiger charge is -2.21. The van der Waals surface area contributed by atoms with E-state index in [4.69, 9.17) is 16.3 Å². The molecule has 1 saturated heterocycles. The van der Waals surface area contributed by atoms with Gasteiger partial charge in [0.2, 0.25) is 0 Å². The van der Waals surface area contributed by atoms with Crippen molar-refractivity contribution in [3.05, 3.63) is 70.4 Å². The Kier molecular flexibility index (Phi) is 5.00. The van der Waals surface area contributed by atoms with E-state index in [0.29, 0.717) is 17.3 Å². The van der Waals surface area contributed by atoms with Crippen molar-refractivity contribution < 1.29 is 9.53 Å². The first kappa shape index (κ1) is 17.2. The van der Waals surface area contributed by atoms with Crippen molar-refractivity contribution >= 4 is 40.5 Å². The van der Waals surface area contributed by atoms with Crippen LogP contribution in [0.5, 0.6) is 5.75 Å². The van der Waals surface area contributed by atoms with Crippen LogP contribution in [0.1, 0.15) is 17.5 Å². The zero-order valence-corrected chi connectivity index (χ0v) is 15.6. The molecule has 0 spiro atoms. The van der Waals surface area contributed by atoms with Gasteiger partial charge >= 0.3 is 0 Å².